The van der Waals surface area contributed by atoms with Crippen LogP contribution in [-0.2, 0) is 6.18 Å². The van der Waals surface area contributed by atoms with Gasteiger partial charge in [0.15, 0.2) is 5.69 Å². The Morgan fingerprint density at radius 1 is 1.16 bits per heavy atom. The molecule has 1 aliphatic rings. The lowest BCUT2D eigenvalue weighted by atomic mass is 10.1. The van der Waals surface area contributed by atoms with Gasteiger partial charge in [0.05, 0.1) is 16.8 Å². The summed E-state index contributed by atoms with van der Waals surface area (Å²) >= 11 is 0. The zero-order valence-electron chi connectivity index (χ0n) is 16.8. The molecular formula is C20H16F3N5O4. The standard InChI is InChI=1S/C20H16F3N5O4/c1-3-9(4-2)28-18(31)10-6-5-7-12(13(10)19(28)32)26-27-15-14(20(21,22)23)11(8-24)16(29)25-17(15)30/h5-7,9H,3-4H2,1-2H3,(H2,25,29,30). The highest BCUT2D eigenvalue weighted by atomic mass is 19.4. The van der Waals surface area contributed by atoms with Crippen LogP contribution in [0.4, 0.5) is 24.5 Å². The first-order chi connectivity index (χ1) is 15.1. The zero-order chi connectivity index (χ0) is 23.8. The molecule has 0 saturated carbocycles. The zero-order valence-corrected chi connectivity index (χ0v) is 16.8. The first kappa shape index (κ1) is 22.7. The van der Waals surface area contributed by atoms with Crippen molar-refractivity contribution in [2.24, 2.45) is 10.2 Å². The molecule has 0 fully saturated rings. The average molecular weight is 447 g/mol. The van der Waals surface area contributed by atoms with Crippen molar-refractivity contribution in [1.29, 1.82) is 5.26 Å². The second-order valence-corrected chi connectivity index (χ2v) is 6.86. The fourth-order valence-electron chi connectivity index (χ4n) is 3.52. The van der Waals surface area contributed by atoms with Crippen LogP contribution in [0.1, 0.15) is 58.5 Å². The molecule has 0 radical (unpaired) electrons. The van der Waals surface area contributed by atoms with Crippen LogP contribution in [0.15, 0.2) is 33.2 Å². The van der Waals surface area contributed by atoms with E-state index in [0.29, 0.717) is 12.8 Å². The number of carbonyl (C=O) groups excluding carboxylic acids is 2. The van der Waals surface area contributed by atoms with E-state index in [1.165, 1.54) is 24.3 Å². The van der Waals surface area contributed by atoms with Crippen LogP contribution in [0.2, 0.25) is 0 Å². The first-order valence-corrected chi connectivity index (χ1v) is 9.45. The van der Waals surface area contributed by atoms with Crippen LogP contribution in [-0.4, -0.2) is 32.8 Å². The Bertz CT molecular complexity index is 1240. The minimum absolute atomic E-state index is 0.0201. The minimum atomic E-state index is -5.21. The number of hydrogen-bond donors (Lipinski definition) is 2. The third-order valence-corrected chi connectivity index (χ3v) is 5.06. The van der Waals surface area contributed by atoms with E-state index in [9.17, 15) is 32.7 Å². The normalized spacial score (nSPS) is 13.8. The van der Waals surface area contributed by atoms with E-state index in [1.54, 1.807) is 18.8 Å². The lowest BCUT2D eigenvalue weighted by Crippen LogP contribution is -2.39. The van der Waals surface area contributed by atoms with E-state index in [-0.39, 0.29) is 22.9 Å². The summed E-state index contributed by atoms with van der Waals surface area (Å²) in [5, 5.41) is 25.5. The topological polar surface area (TPSA) is 139 Å². The molecule has 3 rings (SSSR count). The van der Waals surface area contributed by atoms with Gasteiger partial charge >= 0.3 is 6.18 Å². The summed E-state index contributed by atoms with van der Waals surface area (Å²) in [4.78, 5) is 40.5. The third-order valence-electron chi connectivity index (χ3n) is 5.06. The van der Waals surface area contributed by atoms with Gasteiger partial charge in [0.25, 0.3) is 17.4 Å². The minimum Gasteiger partial charge on any atom is -0.494 e. The maximum absolute atomic E-state index is 13.5. The van der Waals surface area contributed by atoms with Gasteiger partial charge in [-0.3, -0.25) is 24.3 Å². The Balaban J connectivity index is 2.17. The summed E-state index contributed by atoms with van der Waals surface area (Å²) in [7, 11) is 0. The largest absolute Gasteiger partial charge is 0.494 e. The van der Waals surface area contributed by atoms with Crippen molar-refractivity contribution in [2.45, 2.75) is 38.9 Å². The molecule has 0 aliphatic carbocycles. The maximum Gasteiger partial charge on any atom is 0.420 e. The van der Waals surface area contributed by atoms with E-state index in [4.69, 9.17) is 5.26 Å². The summed E-state index contributed by atoms with van der Waals surface area (Å²) in [5.74, 6) is -2.48. The molecule has 0 saturated heterocycles. The number of rotatable bonds is 5. The van der Waals surface area contributed by atoms with E-state index in [1.807, 2.05) is 0 Å². The lowest BCUT2D eigenvalue weighted by molar-refractivity contribution is -0.137. The predicted octanol–water partition coefficient (Wildman–Crippen LogP) is 4.17. The van der Waals surface area contributed by atoms with Crippen molar-refractivity contribution in [3.8, 4) is 11.9 Å². The number of benzene rings is 1. The van der Waals surface area contributed by atoms with Crippen molar-refractivity contribution < 1.29 is 27.9 Å². The number of nitrogens with one attached hydrogen (secondary N) is 1. The molecule has 0 atom stereocenters. The molecular weight excluding hydrogens is 431 g/mol. The molecule has 2 aromatic rings. The molecule has 2 heterocycles. The van der Waals surface area contributed by atoms with Crippen molar-refractivity contribution in [3.63, 3.8) is 0 Å². The second-order valence-electron chi connectivity index (χ2n) is 6.86. The SMILES string of the molecule is CCC(CC)N1C(=O)c2cccc(N=Nc3c(C(F)(F)F)c(C#N)c(O)[nH]c3=O)c2C1=O. The van der Waals surface area contributed by atoms with Gasteiger partial charge in [0.2, 0.25) is 5.88 Å². The van der Waals surface area contributed by atoms with Gasteiger partial charge < -0.3 is 5.11 Å². The van der Waals surface area contributed by atoms with Gasteiger partial charge in [-0.05, 0) is 25.0 Å². The number of aromatic nitrogens is 1. The molecule has 32 heavy (non-hydrogen) atoms. The number of aromatic amines is 1. The first-order valence-electron chi connectivity index (χ1n) is 9.45. The molecule has 0 spiro atoms. The number of nitrogens with zero attached hydrogens (tertiary/aromatic N) is 4. The number of alkyl halides is 3. The summed E-state index contributed by atoms with van der Waals surface area (Å²) in [5.41, 5.74) is -6.03. The highest BCUT2D eigenvalue weighted by molar-refractivity contribution is 6.23. The third kappa shape index (κ3) is 3.62. The Morgan fingerprint density at radius 2 is 1.81 bits per heavy atom. The second kappa shape index (κ2) is 8.26. The maximum atomic E-state index is 13.5. The fourth-order valence-corrected chi connectivity index (χ4v) is 3.52. The van der Waals surface area contributed by atoms with Crippen LogP contribution in [0, 0.1) is 11.3 Å². The number of halogens is 3. The van der Waals surface area contributed by atoms with Crippen molar-refractivity contribution in [1.82, 2.24) is 9.88 Å². The lowest BCUT2D eigenvalue weighted by Gasteiger charge is -2.23. The van der Waals surface area contributed by atoms with Crippen molar-refractivity contribution in [3.05, 3.63) is 50.8 Å². The quantitative estimate of drug-likeness (QED) is 0.523. The van der Waals surface area contributed by atoms with Gasteiger partial charge in [-0.15, -0.1) is 10.2 Å². The van der Waals surface area contributed by atoms with Gasteiger partial charge in [-0.25, -0.2) is 0 Å². The number of azo groups is 1. The number of hydrogen-bond acceptors (Lipinski definition) is 7. The molecule has 0 bridgehead atoms. The molecule has 12 heteroatoms. The van der Waals surface area contributed by atoms with Crippen LogP contribution in [0.25, 0.3) is 0 Å². The Hall–Kier alpha value is -4.01. The smallest absolute Gasteiger partial charge is 0.420 e. The van der Waals surface area contributed by atoms with Gasteiger partial charge in [-0.1, -0.05) is 19.9 Å². The van der Waals surface area contributed by atoms with E-state index < -0.39 is 46.2 Å². The number of fused-ring (bicyclic) bond motifs is 1. The highest BCUT2D eigenvalue weighted by Gasteiger charge is 2.42. The van der Waals surface area contributed by atoms with Gasteiger partial charge in [-0.2, -0.15) is 18.4 Å². The fraction of sp³-hybridized carbons (Fsp3) is 0.300. The number of amides is 2. The van der Waals surface area contributed by atoms with Crippen molar-refractivity contribution >= 4 is 23.2 Å². The van der Waals surface area contributed by atoms with Crippen LogP contribution in [0.3, 0.4) is 0 Å². The van der Waals surface area contributed by atoms with Crippen LogP contribution in [0.5, 0.6) is 5.88 Å². The van der Waals surface area contributed by atoms with Crippen molar-refractivity contribution in [2.75, 3.05) is 0 Å². The Morgan fingerprint density at radius 3 is 2.38 bits per heavy atom. The Labute approximate surface area is 178 Å². The molecule has 166 valence electrons. The number of carbonyl (C=O) groups is 2. The molecule has 1 aliphatic heterocycles. The highest BCUT2D eigenvalue weighted by Crippen LogP contribution is 2.40. The van der Waals surface area contributed by atoms with Crippen LogP contribution < -0.4 is 5.56 Å². The molecule has 1 aromatic heterocycles. The predicted molar refractivity (Wildman–Crippen MR) is 104 cm³/mol. The van der Waals surface area contributed by atoms with E-state index in [0.717, 1.165) is 4.90 Å². The molecule has 2 amide bonds. The van der Waals surface area contributed by atoms with Gasteiger partial charge in [0.1, 0.15) is 17.2 Å². The molecule has 0 unspecified atom stereocenters. The van der Waals surface area contributed by atoms with E-state index >= 15 is 0 Å². The number of pyridine rings is 1. The van der Waals surface area contributed by atoms with Gasteiger partial charge in [0, 0.05) is 6.04 Å². The summed E-state index contributed by atoms with van der Waals surface area (Å²) in [6, 6.07) is 4.83. The number of H-pyrrole nitrogens is 1. The average Bonchev–Trinajstić information content (AvgIpc) is 2.99. The molecule has 9 nitrogen and oxygen atoms in total. The monoisotopic (exact) mass is 447 g/mol. The number of imide groups is 1. The number of nitriles is 1. The molecule has 1 aromatic carbocycles. The Kier molecular flexibility index (Phi) is 5.85. The summed E-state index contributed by atoms with van der Waals surface area (Å²) in [6.07, 6.45) is -4.19. The molecule has 2 N–H and O–H groups in total. The van der Waals surface area contributed by atoms with E-state index in [2.05, 4.69) is 10.2 Å². The summed E-state index contributed by atoms with van der Waals surface area (Å²) < 4.78 is 40.5. The van der Waals surface area contributed by atoms with Crippen LogP contribution >= 0.6 is 0 Å². The summed E-state index contributed by atoms with van der Waals surface area (Å²) in [6.45, 7) is 3.61. The number of aromatic hydroxyl groups is 1.